The fraction of sp³-hybridized carbons (Fsp3) is 0.0625. The highest BCUT2D eigenvalue weighted by atomic mass is 16.6. The van der Waals surface area contributed by atoms with Crippen molar-refractivity contribution in [3.63, 3.8) is 0 Å². The highest BCUT2D eigenvalue weighted by Gasteiger charge is 2.13. The van der Waals surface area contributed by atoms with Crippen LogP contribution in [-0.4, -0.2) is 25.8 Å². The molecule has 120 valence electrons. The Morgan fingerprint density at radius 3 is 2.71 bits per heavy atom. The van der Waals surface area contributed by atoms with Crippen LogP contribution in [0.4, 0.5) is 11.4 Å². The topological polar surface area (TPSA) is 103 Å². The summed E-state index contributed by atoms with van der Waals surface area (Å²) in [5.74, 6) is -0.477. The number of non-ortho nitro benzene ring substituents is 1. The smallest absolute Gasteiger partial charge is 0.277 e. The Morgan fingerprint density at radius 1 is 1.17 bits per heavy atom. The van der Waals surface area contributed by atoms with Gasteiger partial charge in [-0.25, -0.2) is 4.68 Å². The molecule has 0 spiro atoms. The largest absolute Gasteiger partial charge is 0.320 e. The average molecular weight is 323 g/mol. The van der Waals surface area contributed by atoms with Gasteiger partial charge in [-0.05, 0) is 11.6 Å². The summed E-state index contributed by atoms with van der Waals surface area (Å²) in [5.41, 5.74) is 1.40. The monoisotopic (exact) mass is 323 g/mol. The standard InChI is InChI=1S/C16H13N5O3/c22-16(17-13-7-4-8-14(9-13)21(23)24)15-11-20(19-18-15)10-12-5-2-1-3-6-12/h1-9,11H,10H2,(H,17,22). The predicted octanol–water partition coefficient (Wildman–Crippen LogP) is 2.49. The summed E-state index contributed by atoms with van der Waals surface area (Å²) in [5, 5.41) is 21.1. The van der Waals surface area contributed by atoms with E-state index in [4.69, 9.17) is 0 Å². The maximum Gasteiger partial charge on any atom is 0.277 e. The van der Waals surface area contributed by atoms with E-state index in [2.05, 4.69) is 15.6 Å². The predicted molar refractivity (Wildman–Crippen MR) is 86.6 cm³/mol. The second-order valence-corrected chi connectivity index (χ2v) is 5.05. The van der Waals surface area contributed by atoms with Crippen LogP contribution in [0.3, 0.4) is 0 Å². The zero-order valence-corrected chi connectivity index (χ0v) is 12.5. The van der Waals surface area contributed by atoms with Gasteiger partial charge in [-0.3, -0.25) is 14.9 Å². The Morgan fingerprint density at radius 2 is 1.96 bits per heavy atom. The molecule has 1 aromatic heterocycles. The first-order valence-electron chi connectivity index (χ1n) is 7.12. The van der Waals surface area contributed by atoms with E-state index in [-0.39, 0.29) is 11.4 Å². The molecular weight excluding hydrogens is 310 g/mol. The third-order valence-corrected chi connectivity index (χ3v) is 3.27. The third-order valence-electron chi connectivity index (χ3n) is 3.27. The van der Waals surface area contributed by atoms with Gasteiger partial charge in [0.25, 0.3) is 11.6 Å². The van der Waals surface area contributed by atoms with Crippen LogP contribution in [0.25, 0.3) is 0 Å². The first-order chi connectivity index (χ1) is 11.6. The van der Waals surface area contributed by atoms with Crippen LogP contribution in [-0.2, 0) is 6.54 Å². The van der Waals surface area contributed by atoms with E-state index in [1.54, 1.807) is 10.7 Å². The first kappa shape index (κ1) is 15.3. The maximum atomic E-state index is 12.2. The quantitative estimate of drug-likeness (QED) is 0.574. The number of nitro groups is 1. The number of amides is 1. The number of nitrogens with zero attached hydrogens (tertiary/aromatic N) is 4. The van der Waals surface area contributed by atoms with Gasteiger partial charge in [-0.15, -0.1) is 5.10 Å². The normalized spacial score (nSPS) is 10.3. The van der Waals surface area contributed by atoms with E-state index in [0.29, 0.717) is 12.2 Å². The van der Waals surface area contributed by atoms with Gasteiger partial charge in [0, 0.05) is 17.8 Å². The van der Waals surface area contributed by atoms with Crippen LogP contribution in [0.5, 0.6) is 0 Å². The molecule has 1 amide bonds. The van der Waals surface area contributed by atoms with Crippen molar-refractivity contribution in [3.8, 4) is 0 Å². The summed E-state index contributed by atoms with van der Waals surface area (Å²) >= 11 is 0. The van der Waals surface area contributed by atoms with Gasteiger partial charge in [0.05, 0.1) is 17.7 Å². The lowest BCUT2D eigenvalue weighted by molar-refractivity contribution is -0.384. The van der Waals surface area contributed by atoms with Crippen molar-refractivity contribution in [2.75, 3.05) is 5.32 Å². The summed E-state index contributed by atoms with van der Waals surface area (Å²) in [4.78, 5) is 22.4. The second kappa shape index (κ2) is 6.69. The number of anilines is 1. The van der Waals surface area contributed by atoms with Gasteiger partial charge in [-0.2, -0.15) is 0 Å². The van der Waals surface area contributed by atoms with Crippen LogP contribution >= 0.6 is 0 Å². The van der Waals surface area contributed by atoms with Crippen molar-refractivity contribution < 1.29 is 9.72 Å². The maximum absolute atomic E-state index is 12.2. The first-order valence-corrected chi connectivity index (χ1v) is 7.12. The Hall–Kier alpha value is -3.55. The lowest BCUT2D eigenvalue weighted by Crippen LogP contribution is -2.12. The molecule has 3 rings (SSSR count). The molecule has 0 aliphatic rings. The number of nitrogens with one attached hydrogen (secondary N) is 1. The van der Waals surface area contributed by atoms with Gasteiger partial charge in [-0.1, -0.05) is 41.6 Å². The lowest BCUT2D eigenvalue weighted by atomic mass is 10.2. The van der Waals surface area contributed by atoms with Crippen molar-refractivity contribution >= 4 is 17.3 Å². The summed E-state index contributed by atoms with van der Waals surface area (Å²) in [6.45, 7) is 0.498. The minimum absolute atomic E-state index is 0.0967. The minimum atomic E-state index is -0.522. The number of benzene rings is 2. The SMILES string of the molecule is O=C(Nc1cccc([N+](=O)[O-])c1)c1cn(Cc2ccccc2)nn1. The van der Waals surface area contributed by atoms with Crippen LogP contribution in [0, 0.1) is 10.1 Å². The summed E-state index contributed by atoms with van der Waals surface area (Å²) in [6.07, 6.45) is 1.53. The molecule has 2 aromatic carbocycles. The molecule has 0 bridgehead atoms. The zero-order chi connectivity index (χ0) is 16.9. The number of rotatable bonds is 5. The summed E-state index contributed by atoms with van der Waals surface area (Å²) < 4.78 is 1.55. The third kappa shape index (κ3) is 3.61. The summed E-state index contributed by atoms with van der Waals surface area (Å²) in [6, 6.07) is 15.4. The molecule has 3 aromatic rings. The Labute approximate surface area is 136 Å². The van der Waals surface area contributed by atoms with Gasteiger partial charge in [0.15, 0.2) is 5.69 Å². The fourth-order valence-electron chi connectivity index (χ4n) is 2.14. The van der Waals surface area contributed by atoms with Crippen LogP contribution in [0.15, 0.2) is 60.8 Å². The second-order valence-electron chi connectivity index (χ2n) is 5.05. The van der Waals surface area contributed by atoms with E-state index >= 15 is 0 Å². The van der Waals surface area contributed by atoms with Crippen molar-refractivity contribution in [2.45, 2.75) is 6.54 Å². The molecule has 1 heterocycles. The van der Waals surface area contributed by atoms with E-state index in [0.717, 1.165) is 5.56 Å². The zero-order valence-electron chi connectivity index (χ0n) is 12.5. The van der Waals surface area contributed by atoms with Crippen LogP contribution in [0.1, 0.15) is 16.1 Å². The molecule has 1 N–H and O–H groups in total. The molecule has 0 fully saturated rings. The molecule has 24 heavy (non-hydrogen) atoms. The Bertz CT molecular complexity index is 876. The molecule has 0 saturated heterocycles. The van der Waals surface area contributed by atoms with Gasteiger partial charge >= 0.3 is 0 Å². The van der Waals surface area contributed by atoms with Gasteiger partial charge in [0.2, 0.25) is 0 Å². The number of carbonyl (C=O) groups is 1. The number of hydrogen-bond acceptors (Lipinski definition) is 5. The lowest BCUT2D eigenvalue weighted by Gasteiger charge is -2.02. The Balaban J connectivity index is 1.70. The van der Waals surface area contributed by atoms with Gasteiger partial charge in [0.1, 0.15) is 0 Å². The van der Waals surface area contributed by atoms with Crippen LogP contribution in [0.2, 0.25) is 0 Å². The van der Waals surface area contributed by atoms with Gasteiger partial charge < -0.3 is 5.32 Å². The molecule has 0 atom stereocenters. The number of aromatic nitrogens is 3. The molecule has 8 nitrogen and oxygen atoms in total. The average Bonchev–Trinajstić information content (AvgIpc) is 3.04. The van der Waals surface area contributed by atoms with Crippen molar-refractivity contribution in [1.29, 1.82) is 0 Å². The molecule has 8 heteroatoms. The number of nitro benzene ring substituents is 1. The number of carbonyl (C=O) groups excluding carboxylic acids is 1. The van der Waals surface area contributed by atoms with Crippen molar-refractivity contribution in [2.24, 2.45) is 0 Å². The van der Waals surface area contributed by atoms with Crippen molar-refractivity contribution in [1.82, 2.24) is 15.0 Å². The summed E-state index contributed by atoms with van der Waals surface area (Å²) in [7, 11) is 0. The van der Waals surface area contributed by atoms with E-state index in [1.165, 1.54) is 24.4 Å². The molecule has 0 unspecified atom stereocenters. The number of hydrogen-bond donors (Lipinski definition) is 1. The van der Waals surface area contributed by atoms with E-state index < -0.39 is 10.8 Å². The van der Waals surface area contributed by atoms with E-state index in [9.17, 15) is 14.9 Å². The molecule has 0 saturated carbocycles. The highest BCUT2D eigenvalue weighted by Crippen LogP contribution is 2.17. The van der Waals surface area contributed by atoms with E-state index in [1.807, 2.05) is 30.3 Å². The molecular formula is C16H13N5O3. The van der Waals surface area contributed by atoms with Crippen LogP contribution < -0.4 is 5.32 Å². The Kier molecular flexibility index (Phi) is 4.28. The van der Waals surface area contributed by atoms with Crippen molar-refractivity contribution in [3.05, 3.63) is 82.2 Å². The molecule has 0 aliphatic carbocycles. The molecule has 0 aliphatic heterocycles. The minimum Gasteiger partial charge on any atom is -0.320 e. The highest BCUT2D eigenvalue weighted by molar-refractivity contribution is 6.02. The fourth-order valence-corrected chi connectivity index (χ4v) is 2.14. The molecule has 0 radical (unpaired) electrons.